The van der Waals surface area contributed by atoms with Crippen molar-refractivity contribution in [3.63, 3.8) is 0 Å². The number of anilines is 1. The van der Waals surface area contributed by atoms with Crippen LogP contribution in [0.25, 0.3) is 0 Å². The Balaban J connectivity index is 1.99. The van der Waals surface area contributed by atoms with Crippen molar-refractivity contribution in [2.75, 3.05) is 12.4 Å². The number of nitrogens with one attached hydrogen (secondary N) is 3. The molecule has 146 valence electrons. The highest BCUT2D eigenvalue weighted by Crippen LogP contribution is 2.32. The third-order valence-corrected chi connectivity index (χ3v) is 4.89. The number of hydrogen-bond donors (Lipinski definition) is 3. The molecule has 0 saturated heterocycles. The number of methoxy groups -OCH3 is 1. The molecule has 0 fully saturated rings. The van der Waals surface area contributed by atoms with E-state index in [9.17, 15) is 9.59 Å². The first-order valence-corrected chi connectivity index (χ1v) is 9.11. The number of carbonyl (C=O) groups is 2. The lowest BCUT2D eigenvalue weighted by Crippen LogP contribution is -2.46. The lowest BCUT2D eigenvalue weighted by Gasteiger charge is -2.31. The average molecular weight is 379 g/mol. The zero-order valence-corrected chi connectivity index (χ0v) is 16.8. The highest BCUT2D eigenvalue weighted by atomic mass is 16.5. The van der Waals surface area contributed by atoms with Crippen LogP contribution < -0.4 is 20.7 Å². The molecule has 6 heteroatoms. The molecule has 1 aliphatic heterocycles. The first kappa shape index (κ1) is 19.5. The molecule has 0 aromatic heterocycles. The summed E-state index contributed by atoms with van der Waals surface area (Å²) in [5.74, 6) is 0.448. The van der Waals surface area contributed by atoms with E-state index in [0.717, 1.165) is 22.3 Å². The molecule has 3 amide bonds. The van der Waals surface area contributed by atoms with Crippen molar-refractivity contribution in [3.05, 3.63) is 69.9 Å². The van der Waals surface area contributed by atoms with Crippen LogP contribution in [-0.2, 0) is 4.79 Å². The van der Waals surface area contributed by atoms with E-state index in [2.05, 4.69) is 28.1 Å². The fraction of sp³-hybridized carbons (Fsp3) is 0.273. The van der Waals surface area contributed by atoms with Crippen molar-refractivity contribution in [2.24, 2.45) is 0 Å². The summed E-state index contributed by atoms with van der Waals surface area (Å²) in [4.78, 5) is 25.3. The summed E-state index contributed by atoms with van der Waals surface area (Å²) >= 11 is 0. The first-order chi connectivity index (χ1) is 13.3. The summed E-state index contributed by atoms with van der Waals surface area (Å²) in [6.07, 6.45) is 0. The second-order valence-electron chi connectivity index (χ2n) is 7.07. The molecule has 28 heavy (non-hydrogen) atoms. The predicted octanol–water partition coefficient (Wildman–Crippen LogP) is 3.89. The van der Waals surface area contributed by atoms with Crippen molar-refractivity contribution in [1.29, 1.82) is 0 Å². The maximum Gasteiger partial charge on any atom is 0.319 e. The molecule has 1 unspecified atom stereocenters. The van der Waals surface area contributed by atoms with Gasteiger partial charge in [0, 0.05) is 11.4 Å². The largest absolute Gasteiger partial charge is 0.497 e. The van der Waals surface area contributed by atoms with Gasteiger partial charge in [0.1, 0.15) is 5.75 Å². The molecule has 1 heterocycles. The summed E-state index contributed by atoms with van der Waals surface area (Å²) in [6.45, 7) is 7.77. The minimum Gasteiger partial charge on any atom is -0.497 e. The lowest BCUT2D eigenvalue weighted by atomic mass is 9.87. The molecule has 0 spiro atoms. The van der Waals surface area contributed by atoms with Gasteiger partial charge in [-0.2, -0.15) is 0 Å². The highest BCUT2D eigenvalue weighted by molar-refractivity contribution is 6.06. The number of urea groups is 1. The number of carbonyl (C=O) groups excluding carboxylic acids is 2. The Labute approximate surface area is 165 Å². The monoisotopic (exact) mass is 379 g/mol. The molecule has 0 bridgehead atoms. The maximum atomic E-state index is 13.1. The molecule has 3 N–H and O–H groups in total. The summed E-state index contributed by atoms with van der Waals surface area (Å²) < 4.78 is 5.15. The van der Waals surface area contributed by atoms with Crippen LogP contribution in [0.15, 0.2) is 47.7 Å². The number of allylic oxidation sites excluding steroid dienone is 1. The van der Waals surface area contributed by atoms with Crippen LogP contribution in [0.2, 0.25) is 0 Å². The molecule has 2 aromatic carbocycles. The first-order valence-electron chi connectivity index (χ1n) is 9.11. The Morgan fingerprint density at radius 1 is 1.04 bits per heavy atom. The zero-order valence-electron chi connectivity index (χ0n) is 16.8. The number of amides is 3. The van der Waals surface area contributed by atoms with Gasteiger partial charge in [-0.05, 0) is 68.7 Å². The third-order valence-electron chi connectivity index (χ3n) is 4.89. The van der Waals surface area contributed by atoms with Gasteiger partial charge in [-0.3, -0.25) is 4.79 Å². The van der Waals surface area contributed by atoms with E-state index < -0.39 is 6.04 Å². The van der Waals surface area contributed by atoms with Gasteiger partial charge in [-0.15, -0.1) is 0 Å². The van der Waals surface area contributed by atoms with Crippen molar-refractivity contribution < 1.29 is 14.3 Å². The molecule has 0 saturated carbocycles. The standard InChI is InChI=1S/C22H25N3O3/c1-12-10-13(2)18(14(3)11-12)20-19(15(4)23-22(27)25-20)21(26)24-16-6-8-17(28-5)9-7-16/h6-11,20H,1-5H3,(H,24,26)(H2,23,25,27). The fourth-order valence-corrected chi connectivity index (χ4v) is 3.73. The number of benzene rings is 2. The van der Waals surface area contributed by atoms with Crippen LogP contribution in [0.3, 0.4) is 0 Å². The quantitative estimate of drug-likeness (QED) is 0.754. The Hall–Kier alpha value is -3.28. The van der Waals surface area contributed by atoms with E-state index in [0.29, 0.717) is 22.7 Å². The van der Waals surface area contributed by atoms with E-state index in [1.807, 2.05) is 20.8 Å². The SMILES string of the molecule is COc1ccc(NC(=O)C2=C(C)NC(=O)NC2c2c(C)cc(C)cc2C)cc1. The van der Waals surface area contributed by atoms with Crippen LogP contribution in [-0.4, -0.2) is 19.0 Å². The lowest BCUT2D eigenvalue weighted by molar-refractivity contribution is -0.113. The van der Waals surface area contributed by atoms with Crippen LogP contribution in [0.5, 0.6) is 5.75 Å². The average Bonchev–Trinajstić information content (AvgIpc) is 2.61. The molecular formula is C22H25N3O3. The molecule has 2 aromatic rings. The van der Waals surface area contributed by atoms with Crippen LogP contribution in [0.4, 0.5) is 10.5 Å². The van der Waals surface area contributed by atoms with E-state index in [4.69, 9.17) is 4.74 Å². The summed E-state index contributed by atoms with van der Waals surface area (Å²) in [5, 5.41) is 8.54. The summed E-state index contributed by atoms with van der Waals surface area (Å²) in [5.41, 5.74) is 5.84. The number of rotatable bonds is 4. The minimum atomic E-state index is -0.521. The number of ether oxygens (including phenoxy) is 1. The Morgan fingerprint density at radius 3 is 2.21 bits per heavy atom. The second-order valence-corrected chi connectivity index (χ2v) is 7.07. The van der Waals surface area contributed by atoms with Gasteiger partial charge >= 0.3 is 6.03 Å². The molecule has 1 atom stereocenters. The van der Waals surface area contributed by atoms with E-state index >= 15 is 0 Å². The van der Waals surface area contributed by atoms with Gasteiger partial charge in [0.25, 0.3) is 5.91 Å². The van der Waals surface area contributed by atoms with Gasteiger partial charge in [0.2, 0.25) is 0 Å². The highest BCUT2D eigenvalue weighted by Gasteiger charge is 2.33. The maximum absolute atomic E-state index is 13.1. The van der Waals surface area contributed by atoms with Crippen molar-refractivity contribution in [1.82, 2.24) is 10.6 Å². The van der Waals surface area contributed by atoms with E-state index in [-0.39, 0.29) is 11.9 Å². The fourth-order valence-electron chi connectivity index (χ4n) is 3.73. The topological polar surface area (TPSA) is 79.5 Å². The van der Waals surface area contributed by atoms with Crippen molar-refractivity contribution >= 4 is 17.6 Å². The minimum absolute atomic E-state index is 0.264. The van der Waals surface area contributed by atoms with Crippen LogP contribution >= 0.6 is 0 Å². The predicted molar refractivity (Wildman–Crippen MR) is 109 cm³/mol. The smallest absolute Gasteiger partial charge is 0.319 e. The molecule has 3 rings (SSSR count). The van der Waals surface area contributed by atoms with Crippen LogP contribution in [0, 0.1) is 20.8 Å². The van der Waals surface area contributed by atoms with Crippen molar-refractivity contribution in [3.8, 4) is 5.75 Å². The number of hydrogen-bond acceptors (Lipinski definition) is 3. The molecule has 1 aliphatic rings. The summed E-state index contributed by atoms with van der Waals surface area (Å²) in [7, 11) is 1.59. The van der Waals surface area contributed by atoms with Gasteiger partial charge < -0.3 is 20.7 Å². The van der Waals surface area contributed by atoms with E-state index in [1.54, 1.807) is 38.3 Å². The van der Waals surface area contributed by atoms with Gasteiger partial charge in [-0.25, -0.2) is 4.79 Å². The number of aryl methyl sites for hydroxylation is 3. The Morgan fingerprint density at radius 2 is 1.64 bits per heavy atom. The van der Waals surface area contributed by atoms with E-state index in [1.165, 1.54) is 0 Å². The second kappa shape index (κ2) is 7.76. The third kappa shape index (κ3) is 3.86. The van der Waals surface area contributed by atoms with Crippen LogP contribution in [0.1, 0.15) is 35.2 Å². The summed E-state index contributed by atoms with van der Waals surface area (Å²) in [6, 6.07) is 10.4. The molecule has 0 radical (unpaired) electrons. The Kier molecular flexibility index (Phi) is 5.40. The molecular weight excluding hydrogens is 354 g/mol. The van der Waals surface area contributed by atoms with Gasteiger partial charge in [0.05, 0.1) is 18.7 Å². The normalized spacial score (nSPS) is 16.3. The molecule has 6 nitrogen and oxygen atoms in total. The molecule has 0 aliphatic carbocycles. The van der Waals surface area contributed by atoms with Gasteiger partial charge in [-0.1, -0.05) is 17.7 Å². The van der Waals surface area contributed by atoms with Gasteiger partial charge in [0.15, 0.2) is 0 Å². The zero-order chi connectivity index (χ0) is 20.4. The van der Waals surface area contributed by atoms with Crippen molar-refractivity contribution in [2.45, 2.75) is 33.7 Å². The Bertz CT molecular complexity index is 938.